The Morgan fingerprint density at radius 1 is 1.18 bits per heavy atom. The fraction of sp³-hybridized carbons (Fsp3) is 0.308. The molecule has 0 aromatic heterocycles. The minimum absolute atomic E-state index is 0.0813. The molecule has 0 amide bonds. The van der Waals surface area contributed by atoms with Crippen molar-refractivity contribution in [1.82, 2.24) is 5.32 Å². The summed E-state index contributed by atoms with van der Waals surface area (Å²) in [6.45, 7) is 2.41. The lowest BCUT2D eigenvalue weighted by atomic mass is 9.95. The number of benzene rings is 1. The lowest BCUT2D eigenvalue weighted by molar-refractivity contribution is 0.449. The molecule has 2 heterocycles. The number of piperidine rings is 1. The predicted octanol–water partition coefficient (Wildman–Crippen LogP) is 1.30. The Morgan fingerprint density at radius 3 is 2.88 bits per heavy atom. The van der Waals surface area contributed by atoms with Crippen LogP contribution in [0, 0.1) is 0 Å². The standard InChI is InChI=1S/C13H14N2O2/c16-8-1-2-9(13(17)5-8)10-7-15-12-3-4-14-6-11(10)12/h1-2,5,14,16-17H,3-4,6-7H2. The molecule has 1 aromatic carbocycles. The first-order valence-corrected chi connectivity index (χ1v) is 5.74. The highest BCUT2D eigenvalue weighted by atomic mass is 16.3. The van der Waals surface area contributed by atoms with Gasteiger partial charge < -0.3 is 15.5 Å². The second-order valence-electron chi connectivity index (χ2n) is 4.35. The fourth-order valence-corrected chi connectivity index (χ4v) is 2.42. The van der Waals surface area contributed by atoms with Crippen LogP contribution in [-0.4, -0.2) is 35.6 Å². The van der Waals surface area contributed by atoms with Gasteiger partial charge in [0.15, 0.2) is 0 Å². The van der Waals surface area contributed by atoms with Gasteiger partial charge in [0.05, 0.1) is 6.54 Å². The molecule has 0 unspecified atom stereocenters. The van der Waals surface area contributed by atoms with E-state index < -0.39 is 0 Å². The molecule has 2 aliphatic heterocycles. The Labute approximate surface area is 99.3 Å². The van der Waals surface area contributed by atoms with Crippen molar-refractivity contribution in [3.05, 3.63) is 29.3 Å². The summed E-state index contributed by atoms with van der Waals surface area (Å²) < 4.78 is 0. The quantitative estimate of drug-likeness (QED) is 0.681. The molecule has 2 aliphatic rings. The van der Waals surface area contributed by atoms with Crippen molar-refractivity contribution in [1.29, 1.82) is 0 Å². The van der Waals surface area contributed by atoms with E-state index in [2.05, 4.69) is 10.3 Å². The van der Waals surface area contributed by atoms with Gasteiger partial charge in [0.25, 0.3) is 0 Å². The fourth-order valence-electron chi connectivity index (χ4n) is 2.42. The third-order valence-corrected chi connectivity index (χ3v) is 3.29. The highest BCUT2D eigenvalue weighted by Gasteiger charge is 2.24. The molecular weight excluding hydrogens is 216 g/mol. The number of aliphatic imine (C=N–C) groups is 1. The van der Waals surface area contributed by atoms with Crippen LogP contribution in [0.1, 0.15) is 12.0 Å². The number of phenolic OH excluding ortho intramolecular Hbond substituents is 2. The van der Waals surface area contributed by atoms with Crippen LogP contribution in [0.3, 0.4) is 0 Å². The average molecular weight is 230 g/mol. The molecule has 0 atom stereocenters. The van der Waals surface area contributed by atoms with Gasteiger partial charge in [0.2, 0.25) is 0 Å². The zero-order valence-corrected chi connectivity index (χ0v) is 9.40. The first kappa shape index (κ1) is 10.4. The van der Waals surface area contributed by atoms with Gasteiger partial charge >= 0.3 is 0 Å². The Bertz CT molecular complexity index is 532. The van der Waals surface area contributed by atoms with Crippen LogP contribution >= 0.6 is 0 Å². The summed E-state index contributed by atoms with van der Waals surface area (Å²) >= 11 is 0. The Kier molecular flexibility index (Phi) is 2.37. The SMILES string of the molecule is Oc1ccc(C2=C3CNCCC3=NC2)c(O)c1. The third-order valence-electron chi connectivity index (χ3n) is 3.29. The minimum atomic E-state index is 0.0813. The largest absolute Gasteiger partial charge is 0.508 e. The molecule has 0 spiro atoms. The Hall–Kier alpha value is -1.81. The Morgan fingerprint density at radius 2 is 2.06 bits per heavy atom. The van der Waals surface area contributed by atoms with E-state index in [1.165, 1.54) is 11.6 Å². The minimum Gasteiger partial charge on any atom is -0.508 e. The number of phenols is 2. The molecule has 0 bridgehead atoms. The maximum Gasteiger partial charge on any atom is 0.126 e. The summed E-state index contributed by atoms with van der Waals surface area (Å²) in [5.74, 6) is 0.201. The molecular formula is C13H14N2O2. The maximum absolute atomic E-state index is 9.88. The number of rotatable bonds is 1. The zero-order valence-electron chi connectivity index (χ0n) is 9.40. The van der Waals surface area contributed by atoms with Crippen LogP contribution < -0.4 is 5.32 Å². The van der Waals surface area contributed by atoms with Crippen molar-refractivity contribution in [2.24, 2.45) is 4.99 Å². The van der Waals surface area contributed by atoms with Crippen molar-refractivity contribution in [3.63, 3.8) is 0 Å². The van der Waals surface area contributed by atoms with Crippen molar-refractivity contribution in [3.8, 4) is 11.5 Å². The number of hydrogen-bond acceptors (Lipinski definition) is 4. The smallest absolute Gasteiger partial charge is 0.126 e. The highest BCUT2D eigenvalue weighted by Crippen LogP contribution is 2.34. The molecule has 0 radical (unpaired) electrons. The normalized spacial score (nSPS) is 19.2. The van der Waals surface area contributed by atoms with Crippen molar-refractivity contribution in [2.45, 2.75) is 6.42 Å². The van der Waals surface area contributed by atoms with Gasteiger partial charge in [0, 0.05) is 36.9 Å². The van der Waals surface area contributed by atoms with E-state index in [4.69, 9.17) is 0 Å². The van der Waals surface area contributed by atoms with Crippen molar-refractivity contribution < 1.29 is 10.2 Å². The van der Waals surface area contributed by atoms with Crippen molar-refractivity contribution >= 4 is 11.3 Å². The molecule has 1 saturated heterocycles. The number of nitrogens with zero attached hydrogens (tertiary/aromatic N) is 1. The molecule has 1 fully saturated rings. The van der Waals surface area contributed by atoms with E-state index >= 15 is 0 Å². The topological polar surface area (TPSA) is 64.8 Å². The van der Waals surface area contributed by atoms with Gasteiger partial charge in [-0.15, -0.1) is 0 Å². The van der Waals surface area contributed by atoms with Gasteiger partial charge in [-0.3, -0.25) is 4.99 Å². The lowest BCUT2D eigenvalue weighted by Crippen LogP contribution is -2.29. The van der Waals surface area contributed by atoms with Crippen LogP contribution in [0.2, 0.25) is 0 Å². The van der Waals surface area contributed by atoms with Gasteiger partial charge in [0.1, 0.15) is 11.5 Å². The average Bonchev–Trinajstić information content (AvgIpc) is 2.73. The molecule has 17 heavy (non-hydrogen) atoms. The van der Waals surface area contributed by atoms with E-state index in [0.29, 0.717) is 6.54 Å². The van der Waals surface area contributed by atoms with Crippen LogP contribution in [0.4, 0.5) is 0 Å². The van der Waals surface area contributed by atoms with Gasteiger partial charge in [-0.25, -0.2) is 0 Å². The third kappa shape index (κ3) is 1.70. The highest BCUT2D eigenvalue weighted by molar-refractivity contribution is 6.11. The molecule has 4 heteroatoms. The van der Waals surface area contributed by atoms with E-state index in [1.807, 2.05) is 0 Å². The number of fused-ring (bicyclic) bond motifs is 1. The first-order valence-electron chi connectivity index (χ1n) is 5.74. The molecule has 0 saturated carbocycles. The summed E-state index contributed by atoms with van der Waals surface area (Å²) in [6, 6.07) is 4.72. The second kappa shape index (κ2) is 3.89. The van der Waals surface area contributed by atoms with Gasteiger partial charge in [-0.2, -0.15) is 0 Å². The van der Waals surface area contributed by atoms with Crippen LogP contribution in [0.15, 0.2) is 28.8 Å². The summed E-state index contributed by atoms with van der Waals surface area (Å²) in [5.41, 5.74) is 4.22. The molecule has 3 N–H and O–H groups in total. The number of nitrogens with one attached hydrogen (secondary N) is 1. The second-order valence-corrected chi connectivity index (χ2v) is 4.35. The van der Waals surface area contributed by atoms with E-state index in [9.17, 15) is 10.2 Å². The summed E-state index contributed by atoms with van der Waals surface area (Å²) in [5, 5.41) is 22.5. The Balaban J connectivity index is 2.05. The van der Waals surface area contributed by atoms with E-state index in [1.54, 1.807) is 12.1 Å². The molecule has 88 valence electrons. The summed E-state index contributed by atoms with van der Waals surface area (Å²) in [6.07, 6.45) is 0.956. The molecule has 3 rings (SSSR count). The van der Waals surface area contributed by atoms with E-state index in [-0.39, 0.29) is 11.5 Å². The maximum atomic E-state index is 9.88. The van der Waals surface area contributed by atoms with Crippen LogP contribution in [0.5, 0.6) is 11.5 Å². The van der Waals surface area contributed by atoms with Gasteiger partial charge in [-0.05, 0) is 23.3 Å². The van der Waals surface area contributed by atoms with Crippen molar-refractivity contribution in [2.75, 3.05) is 19.6 Å². The first-order chi connectivity index (χ1) is 8.25. The predicted molar refractivity (Wildman–Crippen MR) is 66.5 cm³/mol. The van der Waals surface area contributed by atoms with Crippen LogP contribution in [0.25, 0.3) is 5.57 Å². The zero-order chi connectivity index (χ0) is 11.8. The van der Waals surface area contributed by atoms with Gasteiger partial charge in [-0.1, -0.05) is 0 Å². The monoisotopic (exact) mass is 230 g/mol. The summed E-state index contributed by atoms with van der Waals surface area (Å²) in [7, 11) is 0. The molecule has 1 aromatic rings. The molecule has 4 nitrogen and oxygen atoms in total. The summed E-state index contributed by atoms with van der Waals surface area (Å²) in [4.78, 5) is 4.51. The number of aromatic hydroxyl groups is 2. The molecule has 0 aliphatic carbocycles. The van der Waals surface area contributed by atoms with Crippen LogP contribution in [-0.2, 0) is 0 Å². The van der Waals surface area contributed by atoms with E-state index in [0.717, 1.165) is 36.4 Å². The number of hydrogen-bond donors (Lipinski definition) is 3. The lowest BCUT2D eigenvalue weighted by Gasteiger charge is -2.17.